The highest BCUT2D eigenvalue weighted by Gasteiger charge is 1.98. The van der Waals surface area contributed by atoms with Crippen LogP contribution in [-0.4, -0.2) is 9.97 Å². The number of fused-ring (bicyclic) bond motifs is 2. The molecule has 4 heteroatoms. The van der Waals surface area contributed by atoms with Gasteiger partial charge in [0.2, 0.25) is 0 Å². The van der Waals surface area contributed by atoms with Gasteiger partial charge in [0, 0.05) is 0 Å². The predicted molar refractivity (Wildman–Crippen MR) is 88.2 cm³/mol. The van der Waals surface area contributed by atoms with Gasteiger partial charge in [0.25, 0.3) is 0 Å². The van der Waals surface area contributed by atoms with E-state index in [2.05, 4.69) is 58.5 Å². The lowest BCUT2D eigenvalue weighted by atomic mass is 10.1. The Hall–Kier alpha value is -2.04. The van der Waals surface area contributed by atoms with Crippen LogP contribution in [0.2, 0.25) is 0 Å². The molecule has 2 nitrogen and oxygen atoms in total. The Balaban J connectivity index is 1.69. The molecular weight excluding hydrogens is 284 g/mol. The Morgan fingerprint density at radius 2 is 1.20 bits per heavy atom. The van der Waals surface area contributed by atoms with E-state index in [1.807, 2.05) is 11.0 Å². The molecule has 2 aromatic heterocycles. The maximum absolute atomic E-state index is 4.30. The van der Waals surface area contributed by atoms with Crippen LogP contribution in [0.25, 0.3) is 32.6 Å². The van der Waals surface area contributed by atoms with E-state index >= 15 is 0 Å². The molecule has 4 aromatic rings. The topological polar surface area (TPSA) is 25.8 Å². The fourth-order valence-corrected chi connectivity index (χ4v) is 3.59. The van der Waals surface area contributed by atoms with Gasteiger partial charge in [-0.1, -0.05) is 24.3 Å². The maximum atomic E-state index is 4.30. The third kappa shape index (κ3) is 2.13. The van der Waals surface area contributed by atoms with Crippen LogP contribution < -0.4 is 0 Å². The van der Waals surface area contributed by atoms with Crippen LogP contribution in [0.3, 0.4) is 0 Å². The molecule has 2 heterocycles. The Morgan fingerprint density at radius 3 is 1.70 bits per heavy atom. The number of thiazole rings is 2. The van der Waals surface area contributed by atoms with Gasteiger partial charge in [0.1, 0.15) is 0 Å². The third-order valence-corrected chi connectivity index (χ3v) is 4.76. The van der Waals surface area contributed by atoms with E-state index < -0.39 is 0 Å². The van der Waals surface area contributed by atoms with Crippen LogP contribution in [0.1, 0.15) is 11.1 Å². The van der Waals surface area contributed by atoms with Gasteiger partial charge in [0.15, 0.2) is 0 Å². The van der Waals surface area contributed by atoms with Gasteiger partial charge in [0.05, 0.1) is 31.5 Å². The van der Waals surface area contributed by atoms with Crippen molar-refractivity contribution in [2.24, 2.45) is 0 Å². The number of benzene rings is 2. The molecule has 0 saturated carbocycles. The summed E-state index contributed by atoms with van der Waals surface area (Å²) in [5.41, 5.74) is 8.31. The number of hydrogen-bond donors (Lipinski definition) is 0. The fraction of sp³-hybridized carbons (Fsp3) is 0. The highest BCUT2D eigenvalue weighted by molar-refractivity contribution is 7.17. The monoisotopic (exact) mass is 294 g/mol. The summed E-state index contributed by atoms with van der Waals surface area (Å²) in [6.45, 7) is 0. The lowest BCUT2D eigenvalue weighted by Gasteiger charge is -1.95. The first-order chi connectivity index (χ1) is 9.88. The molecule has 96 valence electrons. The van der Waals surface area contributed by atoms with Crippen LogP contribution in [0.5, 0.6) is 0 Å². The molecule has 4 rings (SSSR count). The first-order valence-electron chi connectivity index (χ1n) is 6.23. The van der Waals surface area contributed by atoms with Gasteiger partial charge in [-0.2, -0.15) is 0 Å². The summed E-state index contributed by atoms with van der Waals surface area (Å²) in [5.74, 6) is 0. The van der Waals surface area contributed by atoms with Gasteiger partial charge in [-0.3, -0.25) is 0 Å². The van der Waals surface area contributed by atoms with E-state index in [9.17, 15) is 0 Å². The van der Waals surface area contributed by atoms with Crippen molar-refractivity contribution in [1.82, 2.24) is 9.97 Å². The highest BCUT2D eigenvalue weighted by atomic mass is 32.1. The van der Waals surface area contributed by atoms with E-state index in [1.165, 1.54) is 20.5 Å². The van der Waals surface area contributed by atoms with Gasteiger partial charge >= 0.3 is 0 Å². The zero-order valence-corrected chi connectivity index (χ0v) is 12.1. The zero-order chi connectivity index (χ0) is 13.4. The molecule has 0 N–H and O–H groups in total. The Labute approximate surface area is 124 Å². The molecule has 0 amide bonds. The molecule has 0 saturated heterocycles. The van der Waals surface area contributed by atoms with E-state index in [1.54, 1.807) is 22.7 Å². The molecule has 0 radical (unpaired) electrons. The van der Waals surface area contributed by atoms with E-state index in [4.69, 9.17) is 0 Å². The maximum Gasteiger partial charge on any atom is 0.0812 e. The second-order valence-corrected chi connectivity index (χ2v) is 6.27. The quantitative estimate of drug-likeness (QED) is 0.482. The Morgan fingerprint density at radius 1 is 0.700 bits per heavy atom. The average molecular weight is 294 g/mol. The second-order valence-electron chi connectivity index (χ2n) is 4.49. The molecule has 20 heavy (non-hydrogen) atoms. The van der Waals surface area contributed by atoms with Crippen LogP contribution in [0.15, 0.2) is 47.4 Å². The number of rotatable bonds is 2. The zero-order valence-electron chi connectivity index (χ0n) is 10.5. The summed E-state index contributed by atoms with van der Waals surface area (Å²) in [4.78, 5) is 8.59. The SMILES string of the molecule is C(=C/c1ccc2ncsc2c1)/c1ccc2ncsc2c1. The third-order valence-electron chi connectivity index (χ3n) is 3.18. The molecular formula is C16H10N2S2. The van der Waals surface area contributed by atoms with Crippen LogP contribution in [0.4, 0.5) is 0 Å². The normalized spacial score (nSPS) is 11.8. The van der Waals surface area contributed by atoms with Crippen molar-refractivity contribution in [2.75, 3.05) is 0 Å². The summed E-state index contributed by atoms with van der Waals surface area (Å²) < 4.78 is 2.45. The minimum atomic E-state index is 1.07. The van der Waals surface area contributed by atoms with Crippen molar-refractivity contribution in [3.8, 4) is 0 Å². The largest absolute Gasteiger partial charge is 0.245 e. The predicted octanol–water partition coefficient (Wildman–Crippen LogP) is 5.08. The molecule has 0 unspecified atom stereocenters. The van der Waals surface area contributed by atoms with E-state index in [0.29, 0.717) is 0 Å². The van der Waals surface area contributed by atoms with Gasteiger partial charge in [-0.05, 0) is 35.4 Å². The van der Waals surface area contributed by atoms with Crippen LogP contribution in [0, 0.1) is 0 Å². The molecule has 0 spiro atoms. The highest BCUT2D eigenvalue weighted by Crippen LogP contribution is 2.22. The first-order valence-corrected chi connectivity index (χ1v) is 7.99. The minimum Gasteiger partial charge on any atom is -0.245 e. The van der Waals surface area contributed by atoms with Crippen molar-refractivity contribution in [3.05, 3.63) is 58.5 Å². The summed E-state index contributed by atoms with van der Waals surface area (Å²) >= 11 is 3.35. The summed E-state index contributed by atoms with van der Waals surface area (Å²) in [7, 11) is 0. The van der Waals surface area contributed by atoms with Crippen molar-refractivity contribution < 1.29 is 0 Å². The summed E-state index contributed by atoms with van der Waals surface area (Å²) in [6, 6.07) is 12.7. The molecule has 0 aliphatic rings. The van der Waals surface area contributed by atoms with Crippen molar-refractivity contribution >= 4 is 55.3 Å². The molecule has 0 fully saturated rings. The molecule has 2 aromatic carbocycles. The molecule has 0 aliphatic carbocycles. The lowest BCUT2D eigenvalue weighted by Crippen LogP contribution is -1.74. The molecule has 0 atom stereocenters. The molecule has 0 bridgehead atoms. The Bertz CT molecular complexity index is 842. The number of hydrogen-bond acceptors (Lipinski definition) is 4. The van der Waals surface area contributed by atoms with Gasteiger partial charge in [-0.15, -0.1) is 22.7 Å². The van der Waals surface area contributed by atoms with Crippen LogP contribution in [-0.2, 0) is 0 Å². The summed E-state index contributed by atoms with van der Waals surface area (Å²) in [5, 5.41) is 0. The number of aromatic nitrogens is 2. The number of nitrogens with zero attached hydrogens (tertiary/aromatic N) is 2. The smallest absolute Gasteiger partial charge is 0.0812 e. The van der Waals surface area contributed by atoms with Gasteiger partial charge in [-0.25, -0.2) is 9.97 Å². The van der Waals surface area contributed by atoms with Crippen LogP contribution >= 0.6 is 22.7 Å². The lowest BCUT2D eigenvalue weighted by molar-refractivity contribution is 1.50. The van der Waals surface area contributed by atoms with Crippen molar-refractivity contribution in [2.45, 2.75) is 0 Å². The summed E-state index contributed by atoms with van der Waals surface area (Å²) in [6.07, 6.45) is 4.28. The molecule has 0 aliphatic heterocycles. The van der Waals surface area contributed by atoms with Crippen molar-refractivity contribution in [1.29, 1.82) is 0 Å². The first kappa shape index (κ1) is 11.8. The van der Waals surface area contributed by atoms with Gasteiger partial charge < -0.3 is 0 Å². The van der Waals surface area contributed by atoms with E-state index in [0.717, 1.165) is 11.0 Å². The second kappa shape index (κ2) is 4.81. The Kier molecular flexibility index (Phi) is 2.83. The van der Waals surface area contributed by atoms with E-state index in [-0.39, 0.29) is 0 Å². The average Bonchev–Trinajstić information content (AvgIpc) is 3.12. The minimum absolute atomic E-state index is 1.07. The standard InChI is InChI=1S/C16H10N2S2/c1(11-3-5-13-15(7-11)19-9-17-13)2-12-4-6-14-16(8-12)20-10-18-14/h1-10H/b2-1-. The van der Waals surface area contributed by atoms with Crippen molar-refractivity contribution in [3.63, 3.8) is 0 Å². The fourth-order valence-electron chi connectivity index (χ4n) is 2.14.